The van der Waals surface area contributed by atoms with E-state index >= 15 is 0 Å². The molecular weight excluding hydrogens is 336 g/mol. The number of carbonyl (C=O) groups excluding carboxylic acids is 1. The van der Waals surface area contributed by atoms with Gasteiger partial charge in [-0.3, -0.25) is 0 Å². The van der Waals surface area contributed by atoms with E-state index in [1.165, 1.54) is 17.9 Å². The first-order valence-electron chi connectivity index (χ1n) is 8.68. The maximum atomic E-state index is 11.6. The predicted molar refractivity (Wildman–Crippen MR) is 112 cm³/mol. The van der Waals surface area contributed by atoms with Crippen LogP contribution in [0.5, 0.6) is 0 Å². The number of allylic oxidation sites excluding steroid dienone is 6. The van der Waals surface area contributed by atoms with E-state index in [2.05, 4.69) is 0 Å². The zero-order valence-corrected chi connectivity index (χ0v) is 15.1. The molecule has 0 saturated carbocycles. The van der Waals surface area contributed by atoms with Crippen LogP contribution in [0.15, 0.2) is 97.3 Å². The van der Waals surface area contributed by atoms with Gasteiger partial charge in [-0.25, -0.2) is 4.79 Å². The summed E-state index contributed by atoms with van der Waals surface area (Å²) in [5.74, 6) is -0.421. The molecule has 0 heterocycles. The highest BCUT2D eigenvalue weighted by molar-refractivity contribution is 5.82. The summed E-state index contributed by atoms with van der Waals surface area (Å²) in [7, 11) is 0. The van der Waals surface area contributed by atoms with Gasteiger partial charge in [0.15, 0.2) is 0 Å². The number of hydrogen-bond donors (Lipinski definition) is 2. The summed E-state index contributed by atoms with van der Waals surface area (Å²) in [4.78, 5) is 11.6. The Morgan fingerprint density at radius 1 is 0.741 bits per heavy atom. The number of nitrogen functional groups attached to an aromatic ring is 2. The van der Waals surface area contributed by atoms with Crippen molar-refractivity contribution in [3.8, 4) is 0 Å². The smallest absolute Gasteiger partial charge is 0.335 e. The van der Waals surface area contributed by atoms with E-state index in [0.29, 0.717) is 0 Å². The van der Waals surface area contributed by atoms with E-state index in [1.54, 1.807) is 12.2 Å². The van der Waals surface area contributed by atoms with Crippen molar-refractivity contribution >= 4 is 17.3 Å². The van der Waals surface area contributed by atoms with Gasteiger partial charge in [0.2, 0.25) is 0 Å². The molecule has 0 radical (unpaired) electrons. The topological polar surface area (TPSA) is 78.3 Å². The molecule has 4 heteroatoms. The van der Waals surface area contributed by atoms with Crippen molar-refractivity contribution < 1.29 is 9.53 Å². The van der Waals surface area contributed by atoms with Crippen LogP contribution in [0.4, 0.5) is 11.4 Å². The molecule has 2 rings (SSSR count). The normalized spacial score (nSPS) is 11.9. The number of nitrogens with two attached hydrogens (primary N) is 2. The fourth-order valence-corrected chi connectivity index (χ4v) is 2.20. The first-order valence-corrected chi connectivity index (χ1v) is 8.68. The van der Waals surface area contributed by atoms with Gasteiger partial charge in [0.05, 0.1) is 6.26 Å². The summed E-state index contributed by atoms with van der Waals surface area (Å²) in [6.07, 6.45) is 15.2. The van der Waals surface area contributed by atoms with Gasteiger partial charge < -0.3 is 16.2 Å². The summed E-state index contributed by atoms with van der Waals surface area (Å²) in [5.41, 5.74) is 15.1. The number of carbonyl (C=O) groups is 1. The Balaban J connectivity index is 1.64. The highest BCUT2D eigenvalue weighted by Crippen LogP contribution is 2.07. The fraction of sp³-hybridized carbons (Fsp3) is 0.0870. The van der Waals surface area contributed by atoms with Gasteiger partial charge in [0.25, 0.3) is 0 Å². The highest BCUT2D eigenvalue weighted by atomic mass is 16.5. The minimum Gasteiger partial charge on any atom is -0.431 e. The van der Waals surface area contributed by atoms with Crippen LogP contribution < -0.4 is 11.5 Å². The summed E-state index contributed by atoms with van der Waals surface area (Å²) >= 11 is 0. The molecule has 2 aromatic carbocycles. The standard InChI is InChI=1S/C23H24N2O2/c24-21-14-10-19(11-15-21)7-3-1-5-9-23(26)27-18-6-2-4-8-20-12-16-22(25)17-13-20/h1-6,9-18H,7-8,24-25H2. The van der Waals surface area contributed by atoms with Gasteiger partial charge in [0, 0.05) is 17.5 Å². The average Bonchev–Trinajstić information content (AvgIpc) is 2.67. The van der Waals surface area contributed by atoms with Crippen LogP contribution in [-0.4, -0.2) is 5.97 Å². The first kappa shape index (κ1) is 19.8. The monoisotopic (exact) mass is 360 g/mol. The number of hydrogen-bond acceptors (Lipinski definition) is 4. The molecule has 0 saturated heterocycles. The minimum atomic E-state index is -0.421. The van der Waals surface area contributed by atoms with Crippen LogP contribution in [0.25, 0.3) is 0 Å². The number of anilines is 2. The van der Waals surface area contributed by atoms with Crippen LogP contribution in [0.1, 0.15) is 11.1 Å². The zero-order chi connectivity index (χ0) is 19.3. The van der Waals surface area contributed by atoms with Crippen molar-refractivity contribution in [3.05, 3.63) is 108 Å². The van der Waals surface area contributed by atoms with Crippen molar-refractivity contribution in [2.75, 3.05) is 11.5 Å². The van der Waals surface area contributed by atoms with E-state index < -0.39 is 5.97 Å². The summed E-state index contributed by atoms with van der Waals surface area (Å²) < 4.78 is 4.97. The molecule has 0 aliphatic heterocycles. The molecule has 2 aromatic rings. The zero-order valence-electron chi connectivity index (χ0n) is 15.1. The third-order valence-corrected chi connectivity index (χ3v) is 3.66. The number of rotatable bonds is 8. The van der Waals surface area contributed by atoms with Crippen molar-refractivity contribution in [2.24, 2.45) is 0 Å². The molecule has 0 unspecified atom stereocenters. The third kappa shape index (κ3) is 8.40. The maximum Gasteiger partial charge on any atom is 0.335 e. The van der Waals surface area contributed by atoms with Gasteiger partial charge >= 0.3 is 5.97 Å². The Labute approximate surface area is 160 Å². The molecule has 0 bridgehead atoms. The largest absolute Gasteiger partial charge is 0.431 e. The van der Waals surface area contributed by atoms with Crippen LogP contribution in [-0.2, 0) is 22.4 Å². The van der Waals surface area contributed by atoms with Gasteiger partial charge in [-0.15, -0.1) is 0 Å². The Morgan fingerprint density at radius 2 is 1.22 bits per heavy atom. The second-order valence-corrected chi connectivity index (χ2v) is 5.87. The van der Waals surface area contributed by atoms with Crippen molar-refractivity contribution in [1.29, 1.82) is 0 Å². The van der Waals surface area contributed by atoms with E-state index in [9.17, 15) is 4.79 Å². The number of ether oxygens (including phenoxy) is 1. The van der Waals surface area contributed by atoms with E-state index in [-0.39, 0.29) is 0 Å². The molecule has 0 aliphatic rings. The van der Waals surface area contributed by atoms with Crippen LogP contribution in [0.3, 0.4) is 0 Å². The molecule has 0 atom stereocenters. The first-order chi connectivity index (χ1) is 13.1. The van der Waals surface area contributed by atoms with Crippen LogP contribution in [0, 0.1) is 0 Å². The van der Waals surface area contributed by atoms with Crippen molar-refractivity contribution in [2.45, 2.75) is 12.8 Å². The summed E-state index contributed by atoms with van der Waals surface area (Å²) in [6.45, 7) is 0. The summed E-state index contributed by atoms with van der Waals surface area (Å²) in [5, 5.41) is 0. The molecule has 0 aromatic heterocycles. The van der Waals surface area contributed by atoms with Crippen molar-refractivity contribution in [3.63, 3.8) is 0 Å². The average molecular weight is 360 g/mol. The quantitative estimate of drug-likeness (QED) is 0.241. The van der Waals surface area contributed by atoms with Gasteiger partial charge in [-0.05, 0) is 54.3 Å². The lowest BCUT2D eigenvalue weighted by atomic mass is 10.1. The maximum absolute atomic E-state index is 11.6. The Bertz CT molecular complexity index is 830. The molecule has 4 N–H and O–H groups in total. The Morgan fingerprint density at radius 3 is 1.74 bits per heavy atom. The van der Waals surface area contributed by atoms with E-state index in [4.69, 9.17) is 16.2 Å². The van der Waals surface area contributed by atoms with Gasteiger partial charge in [-0.2, -0.15) is 0 Å². The molecule has 0 fully saturated rings. The van der Waals surface area contributed by atoms with E-state index in [0.717, 1.165) is 29.8 Å². The second kappa shape index (κ2) is 11.2. The molecule has 0 aliphatic carbocycles. The Kier molecular flexibility index (Phi) is 8.18. The molecule has 27 heavy (non-hydrogen) atoms. The minimum absolute atomic E-state index is 0.421. The summed E-state index contributed by atoms with van der Waals surface area (Å²) in [6, 6.07) is 15.4. The lowest BCUT2D eigenvalue weighted by Crippen LogP contribution is -1.92. The van der Waals surface area contributed by atoms with Gasteiger partial charge in [0.1, 0.15) is 0 Å². The lowest BCUT2D eigenvalue weighted by Gasteiger charge is -1.96. The number of benzene rings is 2. The lowest BCUT2D eigenvalue weighted by molar-refractivity contribution is -0.132. The Hall–Kier alpha value is -3.53. The highest BCUT2D eigenvalue weighted by Gasteiger charge is 1.91. The van der Waals surface area contributed by atoms with Gasteiger partial charge in [-0.1, -0.05) is 54.6 Å². The molecular formula is C23H24N2O2. The molecule has 0 amide bonds. The molecule has 0 spiro atoms. The van der Waals surface area contributed by atoms with E-state index in [1.807, 2.05) is 72.8 Å². The number of esters is 1. The SMILES string of the molecule is Nc1ccc(CC=CC=COC(=O)C=CC=CCc2ccc(N)cc2)cc1. The fourth-order valence-electron chi connectivity index (χ4n) is 2.20. The van der Waals surface area contributed by atoms with Crippen LogP contribution >= 0.6 is 0 Å². The molecule has 138 valence electrons. The third-order valence-electron chi connectivity index (χ3n) is 3.66. The second-order valence-electron chi connectivity index (χ2n) is 5.87. The predicted octanol–water partition coefficient (Wildman–Crippen LogP) is 4.36. The van der Waals surface area contributed by atoms with Crippen molar-refractivity contribution in [1.82, 2.24) is 0 Å². The van der Waals surface area contributed by atoms with Crippen LogP contribution in [0.2, 0.25) is 0 Å². The molecule has 4 nitrogen and oxygen atoms in total.